The maximum atomic E-state index is 11.1. The number of hydrogen-bond acceptors (Lipinski definition) is 3. The minimum atomic E-state index is -0.276. The summed E-state index contributed by atoms with van der Waals surface area (Å²) < 4.78 is 0. The SMILES string of the molecule is CCc1ccc(NC2CCCCC2CC)cc1[N+](=O)[O-]. The molecule has 0 radical (unpaired) electrons. The molecule has 1 aliphatic rings. The minimum absolute atomic E-state index is 0.237. The monoisotopic (exact) mass is 276 g/mol. The van der Waals surface area contributed by atoms with Gasteiger partial charge in [0, 0.05) is 23.4 Å². The zero-order valence-electron chi connectivity index (χ0n) is 12.4. The zero-order valence-corrected chi connectivity index (χ0v) is 12.4. The average molecular weight is 276 g/mol. The molecule has 2 rings (SSSR count). The summed E-state index contributed by atoms with van der Waals surface area (Å²) in [6, 6.07) is 6.01. The Labute approximate surface area is 120 Å². The Morgan fingerprint density at radius 3 is 2.70 bits per heavy atom. The number of nitro benzene ring substituents is 1. The van der Waals surface area contributed by atoms with E-state index in [1.54, 1.807) is 6.07 Å². The summed E-state index contributed by atoms with van der Waals surface area (Å²) in [4.78, 5) is 10.8. The number of nitrogens with one attached hydrogen (secondary N) is 1. The molecule has 2 unspecified atom stereocenters. The quantitative estimate of drug-likeness (QED) is 0.634. The first-order valence-electron chi connectivity index (χ1n) is 7.69. The van der Waals surface area contributed by atoms with Gasteiger partial charge in [0.25, 0.3) is 5.69 Å². The summed E-state index contributed by atoms with van der Waals surface area (Å²) in [6.45, 7) is 4.18. The molecule has 110 valence electrons. The summed E-state index contributed by atoms with van der Waals surface area (Å²) in [5, 5.41) is 14.6. The zero-order chi connectivity index (χ0) is 14.5. The lowest BCUT2D eigenvalue weighted by Crippen LogP contribution is -2.31. The summed E-state index contributed by atoms with van der Waals surface area (Å²) in [7, 11) is 0. The molecule has 2 atom stereocenters. The Morgan fingerprint density at radius 1 is 1.30 bits per heavy atom. The van der Waals surface area contributed by atoms with Gasteiger partial charge in [0.1, 0.15) is 0 Å². The fourth-order valence-corrected chi connectivity index (χ4v) is 3.22. The Hall–Kier alpha value is -1.58. The lowest BCUT2D eigenvalue weighted by atomic mass is 9.83. The first-order chi connectivity index (χ1) is 9.65. The van der Waals surface area contributed by atoms with Crippen molar-refractivity contribution in [1.82, 2.24) is 0 Å². The summed E-state index contributed by atoms with van der Waals surface area (Å²) in [5.74, 6) is 0.689. The van der Waals surface area contributed by atoms with Crippen molar-refractivity contribution in [3.05, 3.63) is 33.9 Å². The van der Waals surface area contributed by atoms with E-state index in [-0.39, 0.29) is 10.6 Å². The van der Waals surface area contributed by atoms with Gasteiger partial charge in [0.15, 0.2) is 0 Å². The van der Waals surface area contributed by atoms with Gasteiger partial charge in [0.05, 0.1) is 4.92 Å². The summed E-state index contributed by atoms with van der Waals surface area (Å²) in [6.07, 6.45) is 6.87. The molecule has 0 bridgehead atoms. The van der Waals surface area contributed by atoms with E-state index in [0.717, 1.165) is 11.3 Å². The highest BCUT2D eigenvalue weighted by Crippen LogP contribution is 2.31. The fraction of sp³-hybridized carbons (Fsp3) is 0.625. The van der Waals surface area contributed by atoms with Crippen LogP contribution in [0, 0.1) is 16.0 Å². The molecule has 1 aromatic rings. The van der Waals surface area contributed by atoms with Crippen LogP contribution in [0.25, 0.3) is 0 Å². The third kappa shape index (κ3) is 3.30. The van der Waals surface area contributed by atoms with Gasteiger partial charge in [-0.3, -0.25) is 10.1 Å². The topological polar surface area (TPSA) is 55.2 Å². The van der Waals surface area contributed by atoms with Crippen molar-refractivity contribution in [1.29, 1.82) is 0 Å². The second-order valence-corrected chi connectivity index (χ2v) is 5.66. The van der Waals surface area contributed by atoms with Crippen LogP contribution in [0.1, 0.15) is 51.5 Å². The second-order valence-electron chi connectivity index (χ2n) is 5.66. The van der Waals surface area contributed by atoms with Crippen molar-refractivity contribution >= 4 is 11.4 Å². The Morgan fingerprint density at radius 2 is 2.05 bits per heavy atom. The maximum absolute atomic E-state index is 11.1. The number of rotatable bonds is 5. The smallest absolute Gasteiger partial charge is 0.274 e. The van der Waals surface area contributed by atoms with Crippen LogP contribution >= 0.6 is 0 Å². The molecule has 20 heavy (non-hydrogen) atoms. The molecule has 4 nitrogen and oxygen atoms in total. The summed E-state index contributed by atoms with van der Waals surface area (Å²) >= 11 is 0. The molecular formula is C16H24N2O2. The van der Waals surface area contributed by atoms with E-state index in [4.69, 9.17) is 0 Å². The number of hydrogen-bond donors (Lipinski definition) is 1. The lowest BCUT2D eigenvalue weighted by molar-refractivity contribution is -0.385. The van der Waals surface area contributed by atoms with Crippen LogP contribution < -0.4 is 5.32 Å². The molecule has 1 aliphatic carbocycles. The van der Waals surface area contributed by atoms with Gasteiger partial charge < -0.3 is 5.32 Å². The van der Waals surface area contributed by atoms with E-state index in [2.05, 4.69) is 12.2 Å². The number of nitro groups is 1. The largest absolute Gasteiger partial charge is 0.382 e. The van der Waals surface area contributed by atoms with E-state index in [1.165, 1.54) is 32.1 Å². The van der Waals surface area contributed by atoms with Crippen molar-refractivity contribution in [2.24, 2.45) is 5.92 Å². The van der Waals surface area contributed by atoms with Crippen LogP contribution in [-0.4, -0.2) is 11.0 Å². The minimum Gasteiger partial charge on any atom is -0.382 e. The molecule has 0 heterocycles. The number of nitrogens with zero attached hydrogens (tertiary/aromatic N) is 1. The van der Waals surface area contributed by atoms with E-state index in [0.29, 0.717) is 18.4 Å². The fourth-order valence-electron chi connectivity index (χ4n) is 3.22. The number of aryl methyl sites for hydroxylation is 1. The molecule has 0 saturated heterocycles. The Bertz CT molecular complexity index is 474. The van der Waals surface area contributed by atoms with Crippen LogP contribution in [0.3, 0.4) is 0 Å². The van der Waals surface area contributed by atoms with Gasteiger partial charge in [-0.05, 0) is 31.2 Å². The maximum Gasteiger partial charge on any atom is 0.274 e. The lowest BCUT2D eigenvalue weighted by Gasteiger charge is -2.32. The Kier molecular flexibility index (Phi) is 4.99. The van der Waals surface area contributed by atoms with Gasteiger partial charge in [-0.2, -0.15) is 0 Å². The highest BCUT2D eigenvalue weighted by Gasteiger charge is 2.24. The van der Waals surface area contributed by atoms with Gasteiger partial charge in [-0.15, -0.1) is 0 Å². The van der Waals surface area contributed by atoms with Gasteiger partial charge in [-0.25, -0.2) is 0 Å². The highest BCUT2D eigenvalue weighted by molar-refractivity contribution is 5.55. The first-order valence-corrected chi connectivity index (χ1v) is 7.69. The first kappa shape index (κ1) is 14.8. The third-order valence-corrected chi connectivity index (χ3v) is 4.45. The molecule has 1 fully saturated rings. The molecule has 4 heteroatoms. The molecule has 0 aromatic heterocycles. The van der Waals surface area contributed by atoms with Gasteiger partial charge >= 0.3 is 0 Å². The van der Waals surface area contributed by atoms with Crippen LogP contribution in [0.5, 0.6) is 0 Å². The predicted octanol–water partition coefficient (Wildman–Crippen LogP) is 4.54. The van der Waals surface area contributed by atoms with Crippen LogP contribution in [-0.2, 0) is 6.42 Å². The second kappa shape index (κ2) is 6.73. The molecule has 0 amide bonds. The van der Waals surface area contributed by atoms with Crippen molar-refractivity contribution < 1.29 is 4.92 Å². The molecule has 0 aliphatic heterocycles. The van der Waals surface area contributed by atoms with Crippen molar-refractivity contribution in [2.75, 3.05) is 5.32 Å². The van der Waals surface area contributed by atoms with E-state index >= 15 is 0 Å². The van der Waals surface area contributed by atoms with Crippen LogP contribution in [0.15, 0.2) is 18.2 Å². The van der Waals surface area contributed by atoms with Crippen molar-refractivity contribution in [2.45, 2.75) is 58.4 Å². The molecule has 1 N–H and O–H groups in total. The van der Waals surface area contributed by atoms with E-state index in [1.807, 2.05) is 19.1 Å². The van der Waals surface area contributed by atoms with Gasteiger partial charge in [0.2, 0.25) is 0 Å². The van der Waals surface area contributed by atoms with E-state index in [9.17, 15) is 10.1 Å². The predicted molar refractivity (Wildman–Crippen MR) is 82.1 cm³/mol. The standard InChI is InChI=1S/C16H24N2O2/c1-3-12-7-5-6-8-15(12)17-14-10-9-13(4-2)16(11-14)18(19)20/h9-12,15,17H,3-8H2,1-2H3. The van der Waals surface area contributed by atoms with Crippen LogP contribution in [0.4, 0.5) is 11.4 Å². The van der Waals surface area contributed by atoms with Crippen molar-refractivity contribution in [3.63, 3.8) is 0 Å². The Balaban J connectivity index is 2.16. The number of benzene rings is 1. The van der Waals surface area contributed by atoms with Gasteiger partial charge in [-0.1, -0.05) is 39.2 Å². The van der Waals surface area contributed by atoms with Crippen LogP contribution in [0.2, 0.25) is 0 Å². The molecule has 1 aromatic carbocycles. The molecule has 1 saturated carbocycles. The molecular weight excluding hydrogens is 252 g/mol. The number of anilines is 1. The molecule has 0 spiro atoms. The van der Waals surface area contributed by atoms with E-state index < -0.39 is 0 Å². The highest BCUT2D eigenvalue weighted by atomic mass is 16.6. The average Bonchev–Trinajstić information content (AvgIpc) is 2.47. The normalized spacial score (nSPS) is 22.5. The van der Waals surface area contributed by atoms with Crippen molar-refractivity contribution in [3.8, 4) is 0 Å². The third-order valence-electron chi connectivity index (χ3n) is 4.45. The summed E-state index contributed by atoms with van der Waals surface area (Å²) in [5.41, 5.74) is 1.93.